The lowest BCUT2D eigenvalue weighted by atomic mass is 10.2. The van der Waals surface area contributed by atoms with E-state index in [1.165, 1.54) is 6.07 Å². The molecule has 2 aromatic heterocycles. The molecule has 0 fully saturated rings. The van der Waals surface area contributed by atoms with Gasteiger partial charge < -0.3 is 4.90 Å². The van der Waals surface area contributed by atoms with Crippen LogP contribution in [0.2, 0.25) is 0 Å². The van der Waals surface area contributed by atoms with Crippen molar-refractivity contribution < 1.29 is 13.2 Å². The van der Waals surface area contributed by atoms with Crippen LogP contribution in [-0.4, -0.2) is 23.6 Å². The summed E-state index contributed by atoms with van der Waals surface area (Å²) in [4.78, 5) is 9.50. The van der Waals surface area contributed by atoms with E-state index >= 15 is 0 Å². The highest BCUT2D eigenvalue weighted by Crippen LogP contribution is 2.28. The van der Waals surface area contributed by atoms with Gasteiger partial charge in [-0.1, -0.05) is 12.1 Å². The van der Waals surface area contributed by atoms with E-state index in [-0.39, 0.29) is 0 Å². The maximum Gasteiger partial charge on any atom is 0.433 e. The molecule has 0 unspecified atom stereocenters. The van der Waals surface area contributed by atoms with Crippen LogP contribution < -0.4 is 4.90 Å². The lowest BCUT2D eigenvalue weighted by molar-refractivity contribution is -0.141. The third kappa shape index (κ3) is 3.69. The minimum absolute atomic E-state index is 0.302. The predicted molar refractivity (Wildman–Crippen MR) is 70.5 cm³/mol. The van der Waals surface area contributed by atoms with Crippen molar-refractivity contribution in [2.24, 2.45) is 0 Å². The van der Waals surface area contributed by atoms with E-state index < -0.39 is 11.9 Å². The molecular weight excluding hydrogens is 267 g/mol. The fourth-order valence-corrected chi connectivity index (χ4v) is 1.74. The Balaban J connectivity index is 2.04. The zero-order valence-corrected chi connectivity index (χ0v) is 10.9. The summed E-state index contributed by atoms with van der Waals surface area (Å²) in [6, 6.07) is 9.48. The Labute approximate surface area is 115 Å². The first kappa shape index (κ1) is 14.3. The van der Waals surface area contributed by atoms with Crippen LogP contribution in [0.5, 0.6) is 0 Å². The van der Waals surface area contributed by atoms with Crippen LogP contribution in [0.4, 0.5) is 19.0 Å². The number of anilines is 1. The molecule has 0 aromatic carbocycles. The minimum atomic E-state index is -4.42. The molecule has 106 valence electrons. The summed E-state index contributed by atoms with van der Waals surface area (Å²) in [5.74, 6) is 0.302. The number of alkyl halides is 3. The number of nitrogens with zero attached hydrogens (tertiary/aromatic N) is 3. The molecule has 2 heterocycles. The van der Waals surface area contributed by atoms with E-state index in [0.717, 1.165) is 11.8 Å². The fourth-order valence-electron chi connectivity index (χ4n) is 1.74. The maximum absolute atomic E-state index is 12.6. The number of hydrogen-bond donors (Lipinski definition) is 0. The van der Waals surface area contributed by atoms with Crippen LogP contribution in [0, 0.1) is 0 Å². The molecule has 0 N–H and O–H groups in total. The lowest BCUT2D eigenvalue weighted by Gasteiger charge is -2.19. The molecular formula is C14H14F3N3. The van der Waals surface area contributed by atoms with E-state index in [4.69, 9.17) is 0 Å². The van der Waals surface area contributed by atoms with Crippen LogP contribution >= 0.6 is 0 Å². The quantitative estimate of drug-likeness (QED) is 0.862. The second-order valence-corrected chi connectivity index (χ2v) is 4.37. The zero-order chi connectivity index (χ0) is 14.6. The van der Waals surface area contributed by atoms with Gasteiger partial charge in [-0.2, -0.15) is 13.2 Å². The fraction of sp³-hybridized carbons (Fsp3) is 0.286. The summed E-state index contributed by atoms with van der Waals surface area (Å²) in [5, 5.41) is 0. The Bertz CT molecular complexity index is 555. The van der Waals surface area contributed by atoms with Crippen molar-refractivity contribution in [3.63, 3.8) is 0 Å². The highest BCUT2D eigenvalue weighted by atomic mass is 19.4. The first-order valence-electron chi connectivity index (χ1n) is 6.12. The Morgan fingerprint density at radius 1 is 1.10 bits per heavy atom. The van der Waals surface area contributed by atoms with Gasteiger partial charge >= 0.3 is 6.18 Å². The second kappa shape index (κ2) is 5.90. The van der Waals surface area contributed by atoms with Gasteiger partial charge in [0.05, 0.1) is 0 Å². The van der Waals surface area contributed by atoms with Crippen molar-refractivity contribution in [1.29, 1.82) is 0 Å². The van der Waals surface area contributed by atoms with Crippen molar-refractivity contribution in [3.8, 4) is 0 Å². The Morgan fingerprint density at radius 3 is 2.55 bits per heavy atom. The van der Waals surface area contributed by atoms with Gasteiger partial charge in [0.25, 0.3) is 0 Å². The number of rotatable bonds is 4. The molecule has 0 radical (unpaired) electrons. The third-order valence-electron chi connectivity index (χ3n) is 2.85. The van der Waals surface area contributed by atoms with Crippen molar-refractivity contribution in [2.75, 3.05) is 18.5 Å². The first-order chi connectivity index (χ1) is 9.47. The second-order valence-electron chi connectivity index (χ2n) is 4.37. The van der Waals surface area contributed by atoms with Crippen molar-refractivity contribution in [3.05, 3.63) is 54.0 Å². The van der Waals surface area contributed by atoms with Gasteiger partial charge in [-0.3, -0.25) is 4.98 Å². The molecule has 3 nitrogen and oxygen atoms in total. The average Bonchev–Trinajstić information content (AvgIpc) is 2.45. The van der Waals surface area contributed by atoms with Gasteiger partial charge in [0.15, 0.2) is 0 Å². The molecule has 0 aliphatic carbocycles. The van der Waals surface area contributed by atoms with Gasteiger partial charge in [-0.05, 0) is 24.3 Å². The summed E-state index contributed by atoms with van der Waals surface area (Å²) in [6.07, 6.45) is -2.08. The summed E-state index contributed by atoms with van der Waals surface area (Å²) >= 11 is 0. The number of aromatic nitrogens is 2. The minimum Gasteiger partial charge on any atom is -0.359 e. The van der Waals surface area contributed by atoms with E-state index in [0.29, 0.717) is 18.8 Å². The summed E-state index contributed by atoms with van der Waals surface area (Å²) in [5.41, 5.74) is 0.0195. The highest BCUT2D eigenvalue weighted by Gasteiger charge is 2.32. The Kier molecular flexibility index (Phi) is 4.22. The van der Waals surface area contributed by atoms with Gasteiger partial charge in [-0.15, -0.1) is 0 Å². The predicted octanol–water partition coefficient (Wildman–Crippen LogP) is 3.17. The molecule has 2 rings (SSSR count). The maximum atomic E-state index is 12.6. The van der Waals surface area contributed by atoms with Gasteiger partial charge in [0, 0.05) is 31.9 Å². The molecule has 0 amide bonds. The van der Waals surface area contributed by atoms with E-state index in [1.807, 2.05) is 18.2 Å². The summed E-state index contributed by atoms with van der Waals surface area (Å²) in [7, 11) is 1.71. The average molecular weight is 281 g/mol. The zero-order valence-electron chi connectivity index (χ0n) is 10.9. The third-order valence-corrected chi connectivity index (χ3v) is 2.85. The SMILES string of the molecule is CN(CCc1ccccn1)c1cccc(C(F)(F)F)n1. The molecule has 0 aliphatic rings. The highest BCUT2D eigenvalue weighted by molar-refractivity contribution is 5.38. The van der Waals surface area contributed by atoms with Gasteiger partial charge in [-0.25, -0.2) is 4.98 Å². The van der Waals surface area contributed by atoms with Gasteiger partial charge in [0.2, 0.25) is 0 Å². The molecule has 6 heteroatoms. The van der Waals surface area contributed by atoms with Crippen LogP contribution in [-0.2, 0) is 12.6 Å². The molecule has 2 aromatic rings. The van der Waals surface area contributed by atoms with Crippen molar-refractivity contribution >= 4 is 5.82 Å². The molecule has 20 heavy (non-hydrogen) atoms. The van der Waals surface area contributed by atoms with Crippen LogP contribution in [0.3, 0.4) is 0 Å². The van der Waals surface area contributed by atoms with Crippen LogP contribution in [0.1, 0.15) is 11.4 Å². The van der Waals surface area contributed by atoms with Crippen molar-refractivity contribution in [1.82, 2.24) is 9.97 Å². The largest absolute Gasteiger partial charge is 0.433 e. The number of likely N-dealkylation sites (N-methyl/N-ethyl adjacent to an activating group) is 1. The molecule has 0 atom stereocenters. The van der Waals surface area contributed by atoms with Gasteiger partial charge in [0.1, 0.15) is 11.5 Å². The lowest BCUT2D eigenvalue weighted by Crippen LogP contribution is -2.22. The first-order valence-corrected chi connectivity index (χ1v) is 6.12. The Morgan fingerprint density at radius 2 is 1.90 bits per heavy atom. The van der Waals surface area contributed by atoms with E-state index in [9.17, 15) is 13.2 Å². The number of hydrogen-bond acceptors (Lipinski definition) is 3. The molecule has 0 bridgehead atoms. The smallest absolute Gasteiger partial charge is 0.359 e. The molecule has 0 spiro atoms. The topological polar surface area (TPSA) is 29.0 Å². The number of pyridine rings is 2. The van der Waals surface area contributed by atoms with Crippen molar-refractivity contribution in [2.45, 2.75) is 12.6 Å². The molecule has 0 aliphatic heterocycles. The monoisotopic (exact) mass is 281 g/mol. The van der Waals surface area contributed by atoms with E-state index in [1.54, 1.807) is 24.2 Å². The van der Waals surface area contributed by atoms with Crippen LogP contribution in [0.25, 0.3) is 0 Å². The van der Waals surface area contributed by atoms with Crippen LogP contribution in [0.15, 0.2) is 42.6 Å². The molecule has 0 saturated heterocycles. The normalized spacial score (nSPS) is 11.4. The number of halogens is 3. The van der Waals surface area contributed by atoms with E-state index in [2.05, 4.69) is 9.97 Å². The molecule has 0 saturated carbocycles. The Hall–Kier alpha value is -2.11. The standard InChI is InChI=1S/C14H14F3N3/c1-20(10-8-11-5-2-3-9-18-11)13-7-4-6-12(19-13)14(15,16)17/h2-7,9H,8,10H2,1H3. The summed E-state index contributed by atoms with van der Waals surface area (Å²) < 4.78 is 37.8. The summed E-state index contributed by atoms with van der Waals surface area (Å²) in [6.45, 7) is 0.547.